The van der Waals surface area contributed by atoms with Crippen LogP contribution < -0.4 is 0 Å². The van der Waals surface area contributed by atoms with E-state index in [1.807, 2.05) is 14.0 Å². The number of rotatable bonds is 5. The molecule has 2 unspecified atom stereocenters. The summed E-state index contributed by atoms with van der Waals surface area (Å²) in [5.74, 6) is 0.288. The Bertz CT molecular complexity index is 349. The molecule has 1 aromatic rings. The van der Waals surface area contributed by atoms with Crippen LogP contribution in [-0.2, 0) is 19.9 Å². The van der Waals surface area contributed by atoms with Gasteiger partial charge in [-0.25, -0.2) is 0 Å². The second-order valence-corrected chi connectivity index (χ2v) is 4.72. The summed E-state index contributed by atoms with van der Waals surface area (Å²) in [6.45, 7) is 6.16. The van der Waals surface area contributed by atoms with Crippen LogP contribution in [0, 0.1) is 5.92 Å². The SMILES string of the molecule is CCc1nn(C)c(CC(O)C(C)CC)c1Cl. The first-order chi connectivity index (χ1) is 7.51. The number of aryl methyl sites for hydroxylation is 2. The van der Waals surface area contributed by atoms with Gasteiger partial charge in [0.1, 0.15) is 0 Å². The maximum Gasteiger partial charge on any atom is 0.0850 e. The van der Waals surface area contributed by atoms with E-state index in [4.69, 9.17) is 11.6 Å². The van der Waals surface area contributed by atoms with E-state index in [0.717, 1.165) is 24.2 Å². The monoisotopic (exact) mass is 244 g/mol. The molecule has 2 atom stereocenters. The van der Waals surface area contributed by atoms with Gasteiger partial charge in [-0.2, -0.15) is 5.10 Å². The van der Waals surface area contributed by atoms with Crippen molar-refractivity contribution < 1.29 is 5.11 Å². The van der Waals surface area contributed by atoms with Gasteiger partial charge in [-0.05, 0) is 12.3 Å². The van der Waals surface area contributed by atoms with Gasteiger partial charge in [-0.15, -0.1) is 0 Å². The molecule has 16 heavy (non-hydrogen) atoms. The van der Waals surface area contributed by atoms with Crippen molar-refractivity contribution in [3.8, 4) is 0 Å². The smallest absolute Gasteiger partial charge is 0.0850 e. The number of aliphatic hydroxyl groups excluding tert-OH is 1. The molecule has 1 heterocycles. The van der Waals surface area contributed by atoms with E-state index in [2.05, 4.69) is 18.9 Å². The lowest BCUT2D eigenvalue weighted by Crippen LogP contribution is -2.21. The second-order valence-electron chi connectivity index (χ2n) is 4.34. The van der Waals surface area contributed by atoms with Crippen LogP contribution in [0.2, 0.25) is 5.02 Å². The zero-order valence-electron chi connectivity index (χ0n) is 10.5. The molecule has 1 rings (SSSR count). The minimum atomic E-state index is -0.345. The number of halogens is 1. The van der Waals surface area contributed by atoms with Crippen LogP contribution in [0.4, 0.5) is 0 Å². The third-order valence-corrected chi connectivity index (χ3v) is 3.64. The van der Waals surface area contributed by atoms with E-state index < -0.39 is 0 Å². The molecule has 92 valence electrons. The lowest BCUT2D eigenvalue weighted by Gasteiger charge is -2.17. The van der Waals surface area contributed by atoms with Crippen molar-refractivity contribution in [2.45, 2.75) is 46.1 Å². The first-order valence-electron chi connectivity index (χ1n) is 5.89. The average molecular weight is 245 g/mol. The van der Waals surface area contributed by atoms with Crippen molar-refractivity contribution in [3.63, 3.8) is 0 Å². The Hall–Kier alpha value is -0.540. The van der Waals surface area contributed by atoms with Crippen LogP contribution in [-0.4, -0.2) is 21.0 Å². The zero-order valence-corrected chi connectivity index (χ0v) is 11.3. The van der Waals surface area contributed by atoms with Crippen molar-refractivity contribution in [1.29, 1.82) is 0 Å². The van der Waals surface area contributed by atoms with E-state index in [1.165, 1.54) is 0 Å². The largest absolute Gasteiger partial charge is 0.392 e. The number of hydrogen-bond donors (Lipinski definition) is 1. The van der Waals surface area contributed by atoms with Crippen LogP contribution in [0.15, 0.2) is 0 Å². The predicted molar refractivity (Wildman–Crippen MR) is 66.8 cm³/mol. The topological polar surface area (TPSA) is 38.0 Å². The minimum Gasteiger partial charge on any atom is -0.392 e. The highest BCUT2D eigenvalue weighted by Crippen LogP contribution is 2.23. The summed E-state index contributed by atoms with van der Waals surface area (Å²) in [5, 5.41) is 15.1. The molecule has 0 saturated heterocycles. The van der Waals surface area contributed by atoms with Gasteiger partial charge in [0.05, 0.1) is 22.5 Å². The highest BCUT2D eigenvalue weighted by atomic mass is 35.5. The van der Waals surface area contributed by atoms with E-state index in [0.29, 0.717) is 11.4 Å². The Labute approximate surface area is 102 Å². The predicted octanol–water partition coefficient (Wildman–Crippen LogP) is 2.59. The minimum absolute atomic E-state index is 0.288. The number of hydrogen-bond acceptors (Lipinski definition) is 2. The fraction of sp³-hybridized carbons (Fsp3) is 0.750. The van der Waals surface area contributed by atoms with Crippen LogP contribution in [0.1, 0.15) is 38.6 Å². The summed E-state index contributed by atoms with van der Waals surface area (Å²) in [4.78, 5) is 0. The molecule has 3 nitrogen and oxygen atoms in total. The van der Waals surface area contributed by atoms with Gasteiger partial charge in [0.25, 0.3) is 0 Å². The number of aromatic nitrogens is 2. The summed E-state index contributed by atoms with van der Waals surface area (Å²) >= 11 is 6.23. The Morgan fingerprint density at radius 2 is 2.06 bits per heavy atom. The molecule has 0 amide bonds. The molecule has 0 aliphatic rings. The lowest BCUT2D eigenvalue weighted by atomic mass is 9.98. The maximum absolute atomic E-state index is 10.0. The van der Waals surface area contributed by atoms with E-state index >= 15 is 0 Å². The summed E-state index contributed by atoms with van der Waals surface area (Å²) in [6.07, 6.45) is 2.03. The molecule has 0 aliphatic carbocycles. The first kappa shape index (κ1) is 13.5. The third kappa shape index (κ3) is 2.77. The van der Waals surface area contributed by atoms with Crippen molar-refractivity contribution in [2.24, 2.45) is 13.0 Å². The molecule has 1 N–H and O–H groups in total. The Kier molecular flexibility index (Phi) is 4.81. The molecule has 0 aromatic carbocycles. The van der Waals surface area contributed by atoms with Gasteiger partial charge in [0.15, 0.2) is 0 Å². The fourth-order valence-corrected chi connectivity index (χ4v) is 2.08. The maximum atomic E-state index is 10.0. The summed E-state index contributed by atoms with van der Waals surface area (Å²) in [5.41, 5.74) is 1.85. The van der Waals surface area contributed by atoms with Crippen molar-refractivity contribution >= 4 is 11.6 Å². The van der Waals surface area contributed by atoms with Crippen LogP contribution >= 0.6 is 11.6 Å². The third-order valence-electron chi connectivity index (χ3n) is 3.21. The molecule has 0 saturated carbocycles. The van der Waals surface area contributed by atoms with E-state index in [-0.39, 0.29) is 12.0 Å². The van der Waals surface area contributed by atoms with Crippen molar-refractivity contribution in [1.82, 2.24) is 9.78 Å². The summed E-state index contributed by atoms with van der Waals surface area (Å²) in [7, 11) is 1.88. The second kappa shape index (κ2) is 5.69. The quantitative estimate of drug-likeness (QED) is 0.865. The van der Waals surface area contributed by atoms with Gasteiger partial charge < -0.3 is 5.11 Å². The first-order valence-corrected chi connectivity index (χ1v) is 6.27. The molecule has 0 bridgehead atoms. The van der Waals surface area contributed by atoms with Crippen LogP contribution in [0.3, 0.4) is 0 Å². The highest BCUT2D eigenvalue weighted by molar-refractivity contribution is 6.31. The normalized spacial score (nSPS) is 15.1. The van der Waals surface area contributed by atoms with Crippen LogP contribution in [0.5, 0.6) is 0 Å². The zero-order chi connectivity index (χ0) is 12.3. The standard InChI is InChI=1S/C12H21ClN2O/c1-5-8(3)11(16)7-10-12(13)9(6-2)14-15(10)4/h8,11,16H,5-7H2,1-4H3. The van der Waals surface area contributed by atoms with Gasteiger partial charge in [0, 0.05) is 13.5 Å². The molecule has 0 fully saturated rings. The molecule has 0 spiro atoms. The fourth-order valence-electron chi connectivity index (χ4n) is 1.71. The van der Waals surface area contributed by atoms with Crippen LogP contribution in [0.25, 0.3) is 0 Å². The Morgan fingerprint density at radius 1 is 1.44 bits per heavy atom. The van der Waals surface area contributed by atoms with Gasteiger partial charge in [0.2, 0.25) is 0 Å². The number of aliphatic hydroxyl groups is 1. The number of nitrogens with zero attached hydrogens (tertiary/aromatic N) is 2. The molecule has 1 aromatic heterocycles. The van der Waals surface area contributed by atoms with Crippen molar-refractivity contribution in [2.75, 3.05) is 0 Å². The van der Waals surface area contributed by atoms with Crippen molar-refractivity contribution in [3.05, 3.63) is 16.4 Å². The van der Waals surface area contributed by atoms with Gasteiger partial charge in [-0.1, -0.05) is 38.8 Å². The highest BCUT2D eigenvalue weighted by Gasteiger charge is 2.19. The van der Waals surface area contributed by atoms with E-state index in [9.17, 15) is 5.11 Å². The molecule has 0 radical (unpaired) electrons. The average Bonchev–Trinajstić information content (AvgIpc) is 2.55. The van der Waals surface area contributed by atoms with Gasteiger partial charge >= 0.3 is 0 Å². The van der Waals surface area contributed by atoms with E-state index in [1.54, 1.807) is 4.68 Å². The lowest BCUT2D eigenvalue weighted by molar-refractivity contribution is 0.113. The molecular formula is C12H21ClN2O. The molecule has 0 aliphatic heterocycles. The summed E-state index contributed by atoms with van der Waals surface area (Å²) < 4.78 is 1.78. The van der Waals surface area contributed by atoms with Gasteiger partial charge in [-0.3, -0.25) is 4.68 Å². The molecular weight excluding hydrogens is 224 g/mol. The Balaban J connectivity index is 2.84. The summed E-state index contributed by atoms with van der Waals surface area (Å²) in [6, 6.07) is 0. The molecule has 4 heteroatoms. The Morgan fingerprint density at radius 3 is 2.50 bits per heavy atom.